The van der Waals surface area contributed by atoms with Crippen molar-refractivity contribution < 1.29 is 9.32 Å². The van der Waals surface area contributed by atoms with E-state index < -0.39 is 0 Å². The third-order valence-corrected chi connectivity index (χ3v) is 3.56. The largest absolute Gasteiger partial charge is 0.361 e. The highest BCUT2D eigenvalue weighted by molar-refractivity contribution is 5.78. The molecule has 2 rings (SSSR count). The van der Waals surface area contributed by atoms with Crippen molar-refractivity contribution in [3.63, 3.8) is 0 Å². The molecule has 0 bridgehead atoms. The molecule has 0 radical (unpaired) electrons. The van der Waals surface area contributed by atoms with E-state index in [1.807, 2.05) is 26.8 Å². The first-order chi connectivity index (χ1) is 10.0. The van der Waals surface area contributed by atoms with E-state index in [4.69, 9.17) is 4.52 Å². The number of aryl methyl sites for hydroxylation is 1. The van der Waals surface area contributed by atoms with Gasteiger partial charge in [0, 0.05) is 31.7 Å². The molecular formula is C15H26N4O2. The smallest absolute Gasteiger partial charge is 0.234 e. The average Bonchev–Trinajstić information content (AvgIpc) is 2.66. The van der Waals surface area contributed by atoms with Crippen LogP contribution in [0.25, 0.3) is 0 Å². The Morgan fingerprint density at radius 2 is 2.05 bits per heavy atom. The molecule has 1 aliphatic rings. The fourth-order valence-corrected chi connectivity index (χ4v) is 2.63. The molecule has 1 N–H and O–H groups in total. The zero-order valence-corrected chi connectivity index (χ0v) is 13.3. The van der Waals surface area contributed by atoms with E-state index >= 15 is 0 Å². The quantitative estimate of drug-likeness (QED) is 0.878. The van der Waals surface area contributed by atoms with Crippen LogP contribution in [-0.4, -0.2) is 59.6 Å². The van der Waals surface area contributed by atoms with E-state index in [2.05, 4.69) is 20.3 Å². The molecule has 0 atom stereocenters. The van der Waals surface area contributed by atoms with Gasteiger partial charge in [-0.25, -0.2) is 0 Å². The highest BCUT2D eigenvalue weighted by atomic mass is 16.5. The Morgan fingerprint density at radius 3 is 2.71 bits per heavy atom. The van der Waals surface area contributed by atoms with E-state index in [1.165, 1.54) is 0 Å². The number of nitrogens with one attached hydrogen (secondary N) is 1. The van der Waals surface area contributed by atoms with Gasteiger partial charge in [-0.15, -0.1) is 0 Å². The topological polar surface area (TPSA) is 61.6 Å². The molecule has 0 aliphatic carbocycles. The summed E-state index contributed by atoms with van der Waals surface area (Å²) in [6.45, 7) is 11.1. The van der Waals surface area contributed by atoms with Gasteiger partial charge in [-0.05, 0) is 40.3 Å². The summed E-state index contributed by atoms with van der Waals surface area (Å²) >= 11 is 0. The van der Waals surface area contributed by atoms with Crippen molar-refractivity contribution in [1.82, 2.24) is 20.3 Å². The second kappa shape index (κ2) is 7.56. The zero-order chi connectivity index (χ0) is 15.2. The summed E-state index contributed by atoms with van der Waals surface area (Å²) in [7, 11) is 0. The molecule has 0 unspecified atom stereocenters. The molecule has 6 nitrogen and oxygen atoms in total. The molecule has 1 saturated heterocycles. The Labute approximate surface area is 126 Å². The number of rotatable bonds is 5. The zero-order valence-electron chi connectivity index (χ0n) is 13.3. The average molecular weight is 294 g/mol. The van der Waals surface area contributed by atoms with E-state index in [0.29, 0.717) is 6.54 Å². The monoisotopic (exact) mass is 294 g/mol. The van der Waals surface area contributed by atoms with Gasteiger partial charge in [0.05, 0.1) is 12.2 Å². The van der Waals surface area contributed by atoms with Crippen LogP contribution in [0.4, 0.5) is 0 Å². The van der Waals surface area contributed by atoms with Crippen LogP contribution in [-0.2, 0) is 11.3 Å². The van der Waals surface area contributed by atoms with Crippen molar-refractivity contribution >= 4 is 5.91 Å². The predicted molar refractivity (Wildman–Crippen MR) is 80.9 cm³/mol. The van der Waals surface area contributed by atoms with Gasteiger partial charge >= 0.3 is 0 Å². The summed E-state index contributed by atoms with van der Waals surface area (Å²) in [4.78, 5) is 16.4. The molecule has 21 heavy (non-hydrogen) atoms. The van der Waals surface area contributed by atoms with Gasteiger partial charge in [-0.1, -0.05) is 5.16 Å². The maximum Gasteiger partial charge on any atom is 0.234 e. The maximum absolute atomic E-state index is 11.8. The number of aromatic nitrogens is 1. The fraction of sp³-hybridized carbons (Fsp3) is 0.733. The van der Waals surface area contributed by atoms with Crippen LogP contribution in [0.3, 0.4) is 0 Å². The molecule has 1 aromatic rings. The minimum Gasteiger partial charge on any atom is -0.361 e. The van der Waals surface area contributed by atoms with Crippen molar-refractivity contribution in [1.29, 1.82) is 0 Å². The lowest BCUT2D eigenvalue weighted by Gasteiger charge is -2.21. The van der Waals surface area contributed by atoms with Crippen LogP contribution in [0.2, 0.25) is 0 Å². The molecule has 1 fully saturated rings. The minimum absolute atomic E-state index is 0.116. The van der Waals surface area contributed by atoms with Crippen LogP contribution in [0.15, 0.2) is 10.6 Å². The number of carbonyl (C=O) groups is 1. The standard InChI is InChI=1S/C15H26N4O2/c1-12(2)16-15(20)11-19-6-4-5-18(7-8-19)10-14-9-13(3)21-17-14/h9,12H,4-8,10-11H2,1-3H3,(H,16,20). The second-order valence-corrected chi connectivity index (χ2v) is 6.06. The first-order valence-electron chi connectivity index (χ1n) is 7.69. The number of carbonyl (C=O) groups excluding carboxylic acids is 1. The lowest BCUT2D eigenvalue weighted by atomic mass is 10.3. The highest BCUT2D eigenvalue weighted by Crippen LogP contribution is 2.09. The van der Waals surface area contributed by atoms with Gasteiger partial charge in [0.25, 0.3) is 0 Å². The second-order valence-electron chi connectivity index (χ2n) is 6.06. The first kappa shape index (κ1) is 16.0. The number of nitrogens with zero attached hydrogens (tertiary/aromatic N) is 3. The van der Waals surface area contributed by atoms with Crippen molar-refractivity contribution in [2.24, 2.45) is 0 Å². The Balaban J connectivity index is 1.77. The molecule has 1 aliphatic heterocycles. The lowest BCUT2D eigenvalue weighted by Crippen LogP contribution is -2.41. The van der Waals surface area contributed by atoms with Gasteiger partial charge < -0.3 is 9.84 Å². The first-order valence-corrected chi connectivity index (χ1v) is 7.69. The number of hydrogen-bond acceptors (Lipinski definition) is 5. The van der Waals surface area contributed by atoms with Crippen LogP contribution in [0.5, 0.6) is 0 Å². The molecular weight excluding hydrogens is 268 g/mol. The molecule has 6 heteroatoms. The predicted octanol–water partition coefficient (Wildman–Crippen LogP) is 1.02. The van der Waals surface area contributed by atoms with Crippen molar-refractivity contribution in [2.75, 3.05) is 32.7 Å². The Bertz CT molecular complexity index is 458. The van der Waals surface area contributed by atoms with E-state index in [9.17, 15) is 4.79 Å². The molecule has 1 aromatic heterocycles. The Kier molecular flexibility index (Phi) is 5.76. The van der Waals surface area contributed by atoms with Crippen molar-refractivity contribution in [3.05, 3.63) is 17.5 Å². The third kappa shape index (κ3) is 5.47. The fourth-order valence-electron chi connectivity index (χ4n) is 2.63. The van der Waals surface area contributed by atoms with E-state index in [0.717, 1.165) is 50.6 Å². The Hall–Kier alpha value is -1.40. The van der Waals surface area contributed by atoms with Gasteiger partial charge in [-0.2, -0.15) is 0 Å². The normalized spacial score (nSPS) is 17.9. The summed E-state index contributed by atoms with van der Waals surface area (Å²) in [5, 5.41) is 6.99. The molecule has 118 valence electrons. The summed E-state index contributed by atoms with van der Waals surface area (Å²) in [6, 6.07) is 2.19. The van der Waals surface area contributed by atoms with Crippen LogP contribution >= 0.6 is 0 Å². The Morgan fingerprint density at radius 1 is 1.33 bits per heavy atom. The van der Waals surface area contributed by atoms with E-state index in [1.54, 1.807) is 0 Å². The molecule has 0 saturated carbocycles. The van der Waals surface area contributed by atoms with Gasteiger partial charge in [0.2, 0.25) is 5.91 Å². The third-order valence-electron chi connectivity index (χ3n) is 3.56. The van der Waals surface area contributed by atoms with Crippen molar-refractivity contribution in [3.8, 4) is 0 Å². The molecule has 2 heterocycles. The minimum atomic E-state index is 0.116. The number of amides is 1. The molecule has 1 amide bonds. The van der Waals surface area contributed by atoms with Gasteiger partial charge in [-0.3, -0.25) is 14.6 Å². The van der Waals surface area contributed by atoms with Gasteiger partial charge in [0.15, 0.2) is 0 Å². The summed E-state index contributed by atoms with van der Waals surface area (Å²) in [5.74, 6) is 0.970. The summed E-state index contributed by atoms with van der Waals surface area (Å²) in [5.41, 5.74) is 0.985. The molecule has 0 spiro atoms. The lowest BCUT2D eigenvalue weighted by molar-refractivity contribution is -0.122. The molecule has 0 aromatic carbocycles. The van der Waals surface area contributed by atoms with Gasteiger partial charge in [0.1, 0.15) is 5.76 Å². The SMILES string of the molecule is Cc1cc(CN2CCCN(CC(=O)NC(C)C)CC2)no1. The summed E-state index contributed by atoms with van der Waals surface area (Å²) < 4.78 is 5.11. The highest BCUT2D eigenvalue weighted by Gasteiger charge is 2.18. The van der Waals surface area contributed by atoms with Crippen LogP contribution < -0.4 is 5.32 Å². The summed E-state index contributed by atoms with van der Waals surface area (Å²) in [6.07, 6.45) is 1.08. The van der Waals surface area contributed by atoms with E-state index in [-0.39, 0.29) is 11.9 Å². The van der Waals surface area contributed by atoms with Crippen LogP contribution in [0, 0.1) is 6.92 Å². The number of hydrogen-bond donors (Lipinski definition) is 1. The van der Waals surface area contributed by atoms with Crippen LogP contribution in [0.1, 0.15) is 31.7 Å². The maximum atomic E-state index is 11.8. The van der Waals surface area contributed by atoms with Crippen molar-refractivity contribution in [2.45, 2.75) is 39.8 Å².